The van der Waals surface area contributed by atoms with Gasteiger partial charge in [0, 0.05) is 19.6 Å². The Bertz CT molecular complexity index is 530. The number of rotatable bonds is 1. The molecule has 0 amide bonds. The lowest BCUT2D eigenvalue weighted by Gasteiger charge is -2.36. The number of nitrogens with one attached hydrogen (secondary N) is 1. The molecule has 1 fully saturated rings. The first-order valence-corrected chi connectivity index (χ1v) is 5.41. The first kappa shape index (κ1) is 10.7. The van der Waals surface area contributed by atoms with Gasteiger partial charge in [-0.1, -0.05) is 6.92 Å². The molecule has 1 aromatic rings. The molecule has 1 aliphatic heterocycles. The van der Waals surface area contributed by atoms with Gasteiger partial charge < -0.3 is 4.74 Å². The van der Waals surface area contributed by atoms with Crippen molar-refractivity contribution in [2.24, 2.45) is 5.92 Å². The van der Waals surface area contributed by atoms with Gasteiger partial charge in [0.2, 0.25) is 0 Å². The van der Waals surface area contributed by atoms with Crippen LogP contribution in [0, 0.1) is 5.92 Å². The van der Waals surface area contributed by atoms with E-state index in [1.54, 1.807) is 6.92 Å². The van der Waals surface area contributed by atoms with Crippen molar-refractivity contribution >= 4 is 0 Å². The molecule has 1 N–H and O–H groups in total. The topological polar surface area (TPSA) is 64.1 Å². The standard InChI is InChI=1S/C11H15FN2O3/c1-6-7(2)17-5-8(10(6)12)14-4-3-9(15)13-11(14)16/h3-4,6-8,10H,5H2,1-2H3,(H,13,15,16)/i2D. The van der Waals surface area contributed by atoms with E-state index in [2.05, 4.69) is 4.98 Å². The Morgan fingerprint density at radius 3 is 3.06 bits per heavy atom. The molecule has 6 heteroatoms. The highest BCUT2D eigenvalue weighted by molar-refractivity contribution is 4.92. The minimum absolute atomic E-state index is 0.00513. The summed E-state index contributed by atoms with van der Waals surface area (Å²) in [6.07, 6.45) is -0.456. The fourth-order valence-electron chi connectivity index (χ4n) is 1.94. The second-order valence-corrected chi connectivity index (χ2v) is 4.26. The average Bonchev–Trinajstić information content (AvgIpc) is 2.34. The predicted octanol–water partition coefficient (Wildman–Crippen LogP) is 0.471. The van der Waals surface area contributed by atoms with E-state index in [1.165, 1.54) is 12.3 Å². The van der Waals surface area contributed by atoms with Crippen LogP contribution in [-0.4, -0.2) is 28.4 Å². The molecular formula is C11H15FN2O3. The van der Waals surface area contributed by atoms with E-state index in [-0.39, 0.29) is 13.5 Å². The Balaban J connectivity index is 2.29. The van der Waals surface area contributed by atoms with Crippen LogP contribution in [0.1, 0.15) is 21.2 Å². The van der Waals surface area contributed by atoms with Crippen molar-refractivity contribution in [3.8, 4) is 0 Å². The van der Waals surface area contributed by atoms with Crippen molar-refractivity contribution in [1.82, 2.24) is 9.55 Å². The number of nitrogens with zero attached hydrogens (tertiary/aromatic N) is 1. The lowest BCUT2D eigenvalue weighted by Crippen LogP contribution is -2.46. The molecule has 4 atom stereocenters. The van der Waals surface area contributed by atoms with Crippen LogP contribution in [0.4, 0.5) is 4.39 Å². The first-order chi connectivity index (χ1) is 8.54. The van der Waals surface area contributed by atoms with Crippen LogP contribution in [0.3, 0.4) is 0 Å². The van der Waals surface area contributed by atoms with Gasteiger partial charge in [-0.15, -0.1) is 0 Å². The zero-order chi connectivity index (χ0) is 13.3. The summed E-state index contributed by atoms with van der Waals surface area (Å²) in [7, 11) is 0. The minimum atomic E-state index is -1.28. The van der Waals surface area contributed by atoms with Crippen molar-refractivity contribution in [3.63, 3.8) is 0 Å². The Hall–Kier alpha value is -1.43. The van der Waals surface area contributed by atoms with Crippen molar-refractivity contribution in [3.05, 3.63) is 33.1 Å². The fourth-order valence-corrected chi connectivity index (χ4v) is 1.94. The van der Waals surface area contributed by atoms with Crippen molar-refractivity contribution in [1.29, 1.82) is 0 Å². The highest BCUT2D eigenvalue weighted by Gasteiger charge is 2.37. The molecular weight excluding hydrogens is 227 g/mol. The van der Waals surface area contributed by atoms with Crippen LogP contribution in [-0.2, 0) is 4.74 Å². The molecule has 1 aromatic heterocycles. The van der Waals surface area contributed by atoms with Gasteiger partial charge in [0.15, 0.2) is 0 Å². The third-order valence-corrected chi connectivity index (χ3v) is 3.15. The molecule has 5 nitrogen and oxygen atoms in total. The van der Waals surface area contributed by atoms with Crippen LogP contribution in [0.5, 0.6) is 0 Å². The number of hydrogen-bond donors (Lipinski definition) is 1. The lowest BCUT2D eigenvalue weighted by atomic mass is 9.92. The SMILES string of the molecule is [2H]CC1OCC(n2ccc(=O)[nH]c2=O)C(F)C1C. The summed E-state index contributed by atoms with van der Waals surface area (Å²) in [5.41, 5.74) is -1.16. The third kappa shape index (κ3) is 2.17. The van der Waals surface area contributed by atoms with E-state index in [0.29, 0.717) is 0 Å². The Labute approximate surface area is 98.6 Å². The van der Waals surface area contributed by atoms with Crippen LogP contribution in [0.15, 0.2) is 21.9 Å². The van der Waals surface area contributed by atoms with Gasteiger partial charge in [-0.3, -0.25) is 14.3 Å². The lowest BCUT2D eigenvalue weighted by molar-refractivity contribution is -0.0817. The van der Waals surface area contributed by atoms with Crippen molar-refractivity contribution in [2.45, 2.75) is 32.1 Å². The monoisotopic (exact) mass is 243 g/mol. The zero-order valence-electron chi connectivity index (χ0n) is 10.4. The number of alkyl halides is 1. The summed E-state index contributed by atoms with van der Waals surface area (Å²) in [6, 6.07) is 0.419. The molecule has 94 valence electrons. The van der Waals surface area contributed by atoms with E-state index in [1.807, 2.05) is 0 Å². The molecule has 0 spiro atoms. The van der Waals surface area contributed by atoms with Crippen LogP contribution >= 0.6 is 0 Å². The van der Waals surface area contributed by atoms with Gasteiger partial charge in [-0.25, -0.2) is 9.18 Å². The van der Waals surface area contributed by atoms with Gasteiger partial charge in [0.1, 0.15) is 6.17 Å². The number of halogens is 1. The third-order valence-electron chi connectivity index (χ3n) is 3.15. The number of aromatic nitrogens is 2. The summed E-state index contributed by atoms with van der Waals surface area (Å²) >= 11 is 0. The van der Waals surface area contributed by atoms with E-state index in [9.17, 15) is 14.0 Å². The van der Waals surface area contributed by atoms with E-state index < -0.39 is 35.5 Å². The largest absolute Gasteiger partial charge is 0.376 e. The summed E-state index contributed by atoms with van der Waals surface area (Å²) in [4.78, 5) is 24.6. The maximum Gasteiger partial charge on any atom is 0.328 e. The Kier molecular flexibility index (Phi) is 2.80. The smallest absolute Gasteiger partial charge is 0.328 e. The molecule has 0 bridgehead atoms. The molecule has 0 radical (unpaired) electrons. The molecule has 1 aliphatic rings. The van der Waals surface area contributed by atoms with Crippen molar-refractivity contribution < 1.29 is 10.5 Å². The Morgan fingerprint density at radius 2 is 2.41 bits per heavy atom. The van der Waals surface area contributed by atoms with E-state index in [4.69, 9.17) is 6.11 Å². The van der Waals surface area contributed by atoms with Crippen LogP contribution in [0.25, 0.3) is 0 Å². The molecule has 0 saturated carbocycles. The first-order valence-electron chi connectivity index (χ1n) is 6.11. The maximum atomic E-state index is 14.2. The number of hydrogen-bond acceptors (Lipinski definition) is 3. The second kappa shape index (κ2) is 4.44. The summed E-state index contributed by atoms with van der Waals surface area (Å²) < 4.78 is 28.0. The summed E-state index contributed by atoms with van der Waals surface area (Å²) in [6.45, 7) is 1.68. The van der Waals surface area contributed by atoms with Crippen molar-refractivity contribution in [2.75, 3.05) is 6.61 Å². The second-order valence-electron chi connectivity index (χ2n) is 4.26. The van der Waals surface area contributed by atoms with Gasteiger partial charge in [-0.05, 0) is 6.90 Å². The van der Waals surface area contributed by atoms with Gasteiger partial charge >= 0.3 is 5.69 Å². The molecule has 2 rings (SSSR count). The summed E-state index contributed by atoms with van der Waals surface area (Å²) in [5, 5.41) is 0. The molecule has 0 aliphatic carbocycles. The molecule has 4 unspecified atom stereocenters. The highest BCUT2D eigenvalue weighted by atomic mass is 19.1. The Morgan fingerprint density at radius 1 is 1.65 bits per heavy atom. The maximum absolute atomic E-state index is 14.2. The van der Waals surface area contributed by atoms with Crippen LogP contribution in [0.2, 0.25) is 0 Å². The molecule has 0 aromatic carbocycles. The molecule has 17 heavy (non-hydrogen) atoms. The molecule has 2 heterocycles. The van der Waals surface area contributed by atoms with Gasteiger partial charge in [0.25, 0.3) is 5.56 Å². The van der Waals surface area contributed by atoms with E-state index in [0.717, 1.165) is 4.57 Å². The van der Waals surface area contributed by atoms with Crippen LogP contribution < -0.4 is 11.2 Å². The highest BCUT2D eigenvalue weighted by Crippen LogP contribution is 2.30. The summed E-state index contributed by atoms with van der Waals surface area (Å²) in [5.74, 6) is -0.458. The quantitative estimate of drug-likeness (QED) is 0.779. The predicted molar refractivity (Wildman–Crippen MR) is 59.8 cm³/mol. The van der Waals surface area contributed by atoms with E-state index >= 15 is 0 Å². The van der Waals surface area contributed by atoms with Gasteiger partial charge in [-0.2, -0.15) is 0 Å². The molecule has 1 saturated heterocycles. The number of ether oxygens (including phenoxy) is 1. The van der Waals surface area contributed by atoms with Gasteiger partial charge in [0.05, 0.1) is 18.8 Å². The zero-order valence-corrected chi connectivity index (χ0v) is 9.43. The normalized spacial score (nSPS) is 34.4. The average molecular weight is 243 g/mol. The number of aromatic amines is 1. The fraction of sp³-hybridized carbons (Fsp3) is 0.636. The minimum Gasteiger partial charge on any atom is -0.376 e. The number of H-pyrrole nitrogens is 1.